The summed E-state index contributed by atoms with van der Waals surface area (Å²) in [5.41, 5.74) is 0. The third-order valence-corrected chi connectivity index (χ3v) is 1.57. The second-order valence-electron chi connectivity index (χ2n) is 2.25. The van der Waals surface area contributed by atoms with Gasteiger partial charge in [0, 0.05) is 13.5 Å². The van der Waals surface area contributed by atoms with E-state index in [-0.39, 0.29) is 0 Å². The number of hydrogen-bond acceptors (Lipinski definition) is 1. The molecule has 0 aliphatic rings. The zero-order valence-corrected chi connectivity index (χ0v) is 6.68. The van der Waals surface area contributed by atoms with E-state index >= 15 is 0 Å². The van der Waals surface area contributed by atoms with Crippen LogP contribution >= 0.6 is 0 Å². The van der Waals surface area contributed by atoms with Gasteiger partial charge in [0.2, 0.25) is 0 Å². The lowest BCUT2D eigenvalue weighted by Gasteiger charge is -2.08. The first-order chi connectivity index (χ1) is 4.35. The van der Waals surface area contributed by atoms with Crippen LogP contribution in [-0.2, 0) is 4.74 Å². The molecule has 0 N–H and O–H groups in total. The lowest BCUT2D eigenvalue weighted by molar-refractivity contribution is 0.0922. The molecule has 1 atom stereocenters. The van der Waals surface area contributed by atoms with Gasteiger partial charge in [-0.3, -0.25) is 0 Å². The molecule has 0 saturated heterocycles. The van der Waals surface area contributed by atoms with Crippen LogP contribution in [0.4, 0.5) is 0 Å². The van der Waals surface area contributed by atoms with E-state index in [1.807, 2.05) is 0 Å². The van der Waals surface area contributed by atoms with Crippen molar-refractivity contribution in [3.05, 3.63) is 6.42 Å². The fraction of sp³-hybridized carbons (Fsp3) is 0.875. The summed E-state index contributed by atoms with van der Waals surface area (Å²) in [6.07, 6.45) is 6.13. The first-order valence-electron chi connectivity index (χ1n) is 3.65. The topological polar surface area (TPSA) is 9.23 Å². The molecule has 0 aromatic carbocycles. The summed E-state index contributed by atoms with van der Waals surface area (Å²) in [6.45, 7) is 4.24. The molecule has 0 rings (SSSR count). The highest BCUT2D eigenvalue weighted by Crippen LogP contribution is 2.05. The van der Waals surface area contributed by atoms with Crippen LogP contribution in [0.5, 0.6) is 0 Å². The largest absolute Gasteiger partial charge is 0.381 e. The van der Waals surface area contributed by atoms with Gasteiger partial charge in [0.05, 0.1) is 25.9 Å². The highest BCUT2D eigenvalue weighted by molar-refractivity contribution is 4.61. The standard InChI is InChI=1S/C8H17O/c1-4-6-7-8(5-2)9-3/h4,8H,5-7H2,1-3H3/q+1. The van der Waals surface area contributed by atoms with Crippen LogP contribution < -0.4 is 0 Å². The minimum Gasteiger partial charge on any atom is -0.381 e. The third-order valence-electron chi connectivity index (χ3n) is 1.57. The molecule has 0 saturated carbocycles. The molecule has 1 nitrogen and oxygen atoms in total. The molecular weight excluding hydrogens is 112 g/mol. The summed E-state index contributed by atoms with van der Waals surface area (Å²) >= 11 is 0. The molecule has 0 aromatic rings. The monoisotopic (exact) mass is 129 g/mol. The molecule has 54 valence electrons. The maximum atomic E-state index is 5.18. The fourth-order valence-corrected chi connectivity index (χ4v) is 0.841. The van der Waals surface area contributed by atoms with Gasteiger partial charge in [-0.05, 0) is 6.42 Å². The number of methoxy groups -OCH3 is 1. The van der Waals surface area contributed by atoms with E-state index in [9.17, 15) is 0 Å². The SMILES string of the molecule is C[CH+]CCC(CC)OC. The molecule has 0 fully saturated rings. The van der Waals surface area contributed by atoms with Gasteiger partial charge >= 0.3 is 0 Å². The maximum Gasteiger partial charge on any atom is 0.0897 e. The summed E-state index contributed by atoms with van der Waals surface area (Å²) in [6, 6.07) is 0. The minimum absolute atomic E-state index is 0.473. The number of hydrogen-bond donors (Lipinski definition) is 0. The van der Waals surface area contributed by atoms with Crippen molar-refractivity contribution in [2.75, 3.05) is 7.11 Å². The number of unbranched alkanes of at least 4 members (excludes halogenated alkanes) is 1. The quantitative estimate of drug-likeness (QED) is 0.518. The minimum atomic E-state index is 0.473. The molecule has 0 radical (unpaired) electrons. The Morgan fingerprint density at radius 1 is 1.56 bits per heavy atom. The Kier molecular flexibility index (Phi) is 5.85. The van der Waals surface area contributed by atoms with E-state index in [4.69, 9.17) is 4.74 Å². The van der Waals surface area contributed by atoms with Crippen molar-refractivity contribution in [1.29, 1.82) is 0 Å². The van der Waals surface area contributed by atoms with Crippen molar-refractivity contribution in [2.45, 2.75) is 39.2 Å². The zero-order chi connectivity index (χ0) is 7.11. The second kappa shape index (κ2) is 5.96. The molecule has 0 heterocycles. The molecular formula is C8H17O+. The van der Waals surface area contributed by atoms with Crippen LogP contribution in [0.3, 0.4) is 0 Å². The van der Waals surface area contributed by atoms with E-state index in [0.29, 0.717) is 6.10 Å². The van der Waals surface area contributed by atoms with E-state index < -0.39 is 0 Å². The molecule has 0 aromatic heterocycles. The molecule has 0 aliphatic heterocycles. The molecule has 9 heavy (non-hydrogen) atoms. The van der Waals surface area contributed by atoms with Crippen molar-refractivity contribution in [3.8, 4) is 0 Å². The molecule has 0 amide bonds. The molecule has 1 unspecified atom stereocenters. The Balaban J connectivity index is 3.09. The average Bonchev–Trinajstić information content (AvgIpc) is 1.91. The van der Waals surface area contributed by atoms with Gasteiger partial charge in [-0.1, -0.05) is 6.92 Å². The van der Waals surface area contributed by atoms with Crippen LogP contribution in [-0.4, -0.2) is 13.2 Å². The highest BCUT2D eigenvalue weighted by atomic mass is 16.5. The lowest BCUT2D eigenvalue weighted by atomic mass is 10.1. The van der Waals surface area contributed by atoms with Gasteiger partial charge < -0.3 is 4.74 Å². The first-order valence-corrected chi connectivity index (χ1v) is 3.65. The summed E-state index contributed by atoms with van der Waals surface area (Å²) < 4.78 is 5.18. The molecule has 0 bridgehead atoms. The van der Waals surface area contributed by atoms with E-state index in [1.54, 1.807) is 7.11 Å². The Hall–Kier alpha value is -0.170. The van der Waals surface area contributed by atoms with Gasteiger partial charge in [0.15, 0.2) is 0 Å². The molecule has 1 heteroatoms. The van der Waals surface area contributed by atoms with Crippen LogP contribution in [0.15, 0.2) is 0 Å². The first kappa shape index (κ1) is 8.83. The van der Waals surface area contributed by atoms with Crippen molar-refractivity contribution in [1.82, 2.24) is 0 Å². The van der Waals surface area contributed by atoms with Gasteiger partial charge in [0.25, 0.3) is 0 Å². The number of ether oxygens (including phenoxy) is 1. The van der Waals surface area contributed by atoms with Crippen molar-refractivity contribution < 1.29 is 4.74 Å². The highest BCUT2D eigenvalue weighted by Gasteiger charge is 2.04. The van der Waals surface area contributed by atoms with Crippen molar-refractivity contribution >= 4 is 0 Å². The van der Waals surface area contributed by atoms with E-state index in [1.165, 1.54) is 12.8 Å². The van der Waals surface area contributed by atoms with Gasteiger partial charge in [-0.2, -0.15) is 0 Å². The van der Waals surface area contributed by atoms with E-state index in [0.717, 1.165) is 6.42 Å². The Bertz CT molecular complexity index is 48.5. The van der Waals surface area contributed by atoms with Crippen LogP contribution in [0, 0.1) is 6.42 Å². The summed E-state index contributed by atoms with van der Waals surface area (Å²) in [7, 11) is 1.78. The smallest absolute Gasteiger partial charge is 0.0897 e. The Morgan fingerprint density at radius 2 is 2.22 bits per heavy atom. The van der Waals surface area contributed by atoms with Gasteiger partial charge in [0.1, 0.15) is 0 Å². The third kappa shape index (κ3) is 4.34. The summed E-state index contributed by atoms with van der Waals surface area (Å²) in [5, 5.41) is 0. The van der Waals surface area contributed by atoms with E-state index in [2.05, 4.69) is 20.3 Å². The Labute approximate surface area is 58.4 Å². The Morgan fingerprint density at radius 3 is 2.56 bits per heavy atom. The van der Waals surface area contributed by atoms with Crippen LogP contribution in [0.25, 0.3) is 0 Å². The summed E-state index contributed by atoms with van der Waals surface area (Å²) in [4.78, 5) is 0. The molecule has 0 spiro atoms. The predicted molar refractivity (Wildman–Crippen MR) is 40.3 cm³/mol. The van der Waals surface area contributed by atoms with Gasteiger partial charge in [-0.25, -0.2) is 0 Å². The van der Waals surface area contributed by atoms with Crippen LogP contribution in [0.1, 0.15) is 33.1 Å². The maximum absolute atomic E-state index is 5.18. The lowest BCUT2D eigenvalue weighted by Crippen LogP contribution is -2.07. The average molecular weight is 129 g/mol. The van der Waals surface area contributed by atoms with Crippen LogP contribution in [0.2, 0.25) is 0 Å². The molecule has 0 aliphatic carbocycles. The van der Waals surface area contributed by atoms with Gasteiger partial charge in [-0.15, -0.1) is 0 Å². The predicted octanol–water partition coefficient (Wildman–Crippen LogP) is 2.42. The second-order valence-corrected chi connectivity index (χ2v) is 2.25. The van der Waals surface area contributed by atoms with Crippen molar-refractivity contribution in [3.63, 3.8) is 0 Å². The number of rotatable bonds is 5. The summed E-state index contributed by atoms with van der Waals surface area (Å²) in [5.74, 6) is 0. The fourth-order valence-electron chi connectivity index (χ4n) is 0.841. The zero-order valence-electron chi connectivity index (χ0n) is 6.68. The van der Waals surface area contributed by atoms with Crippen molar-refractivity contribution in [2.24, 2.45) is 0 Å². The normalized spacial score (nSPS) is 13.2.